The molecule has 1 aliphatic rings. The molecule has 0 saturated carbocycles. The highest BCUT2D eigenvalue weighted by Crippen LogP contribution is 2.10. The standard InChI is InChI=1S/C10H10N2O4/c13-9(14)8-2-1-7(5-11-8)6-12-3-4-16-10(12)15/h1-2,5H,3-4,6H2,(H,13,14). The van der Waals surface area contributed by atoms with E-state index in [2.05, 4.69) is 4.98 Å². The molecule has 1 amide bonds. The molecule has 6 heteroatoms. The molecule has 0 bridgehead atoms. The zero-order valence-corrected chi connectivity index (χ0v) is 8.42. The fraction of sp³-hybridized carbons (Fsp3) is 0.300. The van der Waals surface area contributed by atoms with Crippen molar-refractivity contribution < 1.29 is 19.4 Å². The molecule has 0 aromatic carbocycles. The van der Waals surface area contributed by atoms with Gasteiger partial charge in [0.25, 0.3) is 0 Å². The SMILES string of the molecule is O=C(O)c1ccc(CN2CCOC2=O)cn1. The van der Waals surface area contributed by atoms with Gasteiger partial charge in [-0.2, -0.15) is 0 Å². The molecule has 1 saturated heterocycles. The Balaban J connectivity index is 2.05. The van der Waals surface area contributed by atoms with Gasteiger partial charge in [0.05, 0.1) is 13.1 Å². The van der Waals surface area contributed by atoms with E-state index in [9.17, 15) is 9.59 Å². The van der Waals surface area contributed by atoms with E-state index in [1.165, 1.54) is 17.2 Å². The van der Waals surface area contributed by atoms with Crippen LogP contribution in [-0.2, 0) is 11.3 Å². The molecule has 16 heavy (non-hydrogen) atoms. The first-order valence-corrected chi connectivity index (χ1v) is 4.77. The molecule has 2 heterocycles. The van der Waals surface area contributed by atoms with Gasteiger partial charge in [-0.25, -0.2) is 14.6 Å². The lowest BCUT2D eigenvalue weighted by atomic mass is 10.2. The molecule has 1 fully saturated rings. The molecule has 0 radical (unpaired) electrons. The summed E-state index contributed by atoms with van der Waals surface area (Å²) in [4.78, 5) is 27.0. The minimum atomic E-state index is -1.06. The Labute approximate surface area is 91.5 Å². The quantitative estimate of drug-likeness (QED) is 0.815. The zero-order valence-electron chi connectivity index (χ0n) is 8.42. The van der Waals surface area contributed by atoms with Gasteiger partial charge < -0.3 is 14.7 Å². The molecule has 2 rings (SSSR count). The monoisotopic (exact) mass is 222 g/mol. The van der Waals surface area contributed by atoms with Gasteiger partial charge in [0.2, 0.25) is 0 Å². The number of ether oxygens (including phenoxy) is 1. The second-order valence-electron chi connectivity index (χ2n) is 3.39. The van der Waals surface area contributed by atoms with Gasteiger partial charge in [-0.1, -0.05) is 6.07 Å². The highest BCUT2D eigenvalue weighted by Gasteiger charge is 2.21. The van der Waals surface area contributed by atoms with Crippen LogP contribution in [0.25, 0.3) is 0 Å². The number of aromatic carboxylic acids is 1. The van der Waals surface area contributed by atoms with Crippen molar-refractivity contribution in [3.63, 3.8) is 0 Å². The molecular weight excluding hydrogens is 212 g/mol. The largest absolute Gasteiger partial charge is 0.477 e. The number of carbonyl (C=O) groups excluding carboxylic acids is 1. The highest BCUT2D eigenvalue weighted by atomic mass is 16.6. The third kappa shape index (κ3) is 2.10. The van der Waals surface area contributed by atoms with Crippen molar-refractivity contribution in [3.05, 3.63) is 29.6 Å². The summed E-state index contributed by atoms with van der Waals surface area (Å²) in [5.41, 5.74) is 0.775. The van der Waals surface area contributed by atoms with E-state index in [-0.39, 0.29) is 11.8 Å². The molecule has 0 spiro atoms. The second-order valence-corrected chi connectivity index (χ2v) is 3.39. The van der Waals surface area contributed by atoms with Crippen LogP contribution in [0.1, 0.15) is 16.1 Å². The van der Waals surface area contributed by atoms with Crippen LogP contribution in [0.3, 0.4) is 0 Å². The summed E-state index contributed by atoms with van der Waals surface area (Å²) in [7, 11) is 0. The van der Waals surface area contributed by atoms with E-state index in [1.807, 2.05) is 0 Å². The number of nitrogens with zero attached hydrogens (tertiary/aromatic N) is 2. The van der Waals surface area contributed by atoms with Crippen LogP contribution < -0.4 is 0 Å². The molecule has 1 aromatic rings. The van der Waals surface area contributed by atoms with Crippen LogP contribution in [0.4, 0.5) is 4.79 Å². The minimum absolute atomic E-state index is 0.00671. The maximum Gasteiger partial charge on any atom is 0.410 e. The Morgan fingerprint density at radius 1 is 1.56 bits per heavy atom. The van der Waals surface area contributed by atoms with Gasteiger partial charge in [-0.3, -0.25) is 0 Å². The van der Waals surface area contributed by atoms with Crippen LogP contribution in [0.2, 0.25) is 0 Å². The fourth-order valence-corrected chi connectivity index (χ4v) is 1.43. The Kier molecular flexibility index (Phi) is 2.72. The highest BCUT2D eigenvalue weighted by molar-refractivity contribution is 5.85. The number of carbonyl (C=O) groups is 2. The van der Waals surface area contributed by atoms with Crippen molar-refractivity contribution in [1.82, 2.24) is 9.88 Å². The third-order valence-electron chi connectivity index (χ3n) is 2.26. The average molecular weight is 222 g/mol. The molecule has 1 aromatic heterocycles. The smallest absolute Gasteiger partial charge is 0.410 e. The van der Waals surface area contributed by atoms with Crippen LogP contribution in [0.15, 0.2) is 18.3 Å². The van der Waals surface area contributed by atoms with Crippen molar-refractivity contribution >= 4 is 12.1 Å². The molecule has 84 valence electrons. The predicted molar refractivity (Wildman–Crippen MR) is 53.0 cm³/mol. The topological polar surface area (TPSA) is 79.7 Å². The normalized spacial score (nSPS) is 15.0. The number of amides is 1. The number of aromatic nitrogens is 1. The van der Waals surface area contributed by atoms with Crippen LogP contribution in [0, 0.1) is 0 Å². The van der Waals surface area contributed by atoms with Crippen molar-refractivity contribution in [1.29, 1.82) is 0 Å². The van der Waals surface area contributed by atoms with Gasteiger partial charge in [0.15, 0.2) is 0 Å². The van der Waals surface area contributed by atoms with Crippen LogP contribution >= 0.6 is 0 Å². The Bertz CT molecular complexity index is 415. The van der Waals surface area contributed by atoms with Crippen LogP contribution in [-0.4, -0.2) is 40.2 Å². The lowest BCUT2D eigenvalue weighted by Crippen LogP contribution is -2.23. The Morgan fingerprint density at radius 2 is 2.38 bits per heavy atom. The molecular formula is C10H10N2O4. The maximum atomic E-state index is 11.1. The number of rotatable bonds is 3. The number of pyridine rings is 1. The van der Waals surface area contributed by atoms with Gasteiger partial charge in [-0.15, -0.1) is 0 Å². The first-order valence-electron chi connectivity index (χ1n) is 4.77. The van der Waals surface area contributed by atoms with E-state index in [4.69, 9.17) is 9.84 Å². The van der Waals surface area contributed by atoms with Crippen molar-refractivity contribution in [3.8, 4) is 0 Å². The second kappa shape index (κ2) is 4.18. The minimum Gasteiger partial charge on any atom is -0.477 e. The van der Waals surface area contributed by atoms with E-state index >= 15 is 0 Å². The van der Waals surface area contributed by atoms with Crippen molar-refractivity contribution in [2.75, 3.05) is 13.2 Å². The van der Waals surface area contributed by atoms with Gasteiger partial charge in [-0.05, 0) is 11.6 Å². The average Bonchev–Trinajstić information content (AvgIpc) is 2.65. The summed E-state index contributed by atoms with van der Waals surface area (Å²) < 4.78 is 4.77. The maximum absolute atomic E-state index is 11.1. The first-order chi connectivity index (χ1) is 7.66. The summed E-state index contributed by atoms with van der Waals surface area (Å²) in [5, 5.41) is 8.65. The predicted octanol–water partition coefficient (Wildman–Crippen LogP) is 0.732. The molecule has 1 aliphatic heterocycles. The number of hydrogen-bond donors (Lipinski definition) is 1. The van der Waals surface area contributed by atoms with Crippen molar-refractivity contribution in [2.45, 2.75) is 6.54 Å². The lowest BCUT2D eigenvalue weighted by molar-refractivity contribution is 0.0690. The molecule has 0 atom stereocenters. The zero-order chi connectivity index (χ0) is 11.5. The van der Waals surface area contributed by atoms with Crippen LogP contribution in [0.5, 0.6) is 0 Å². The fourth-order valence-electron chi connectivity index (χ4n) is 1.43. The summed E-state index contributed by atoms with van der Waals surface area (Å²) in [5.74, 6) is -1.06. The summed E-state index contributed by atoms with van der Waals surface area (Å²) in [6.45, 7) is 1.35. The summed E-state index contributed by atoms with van der Waals surface area (Å²) >= 11 is 0. The summed E-state index contributed by atoms with van der Waals surface area (Å²) in [6, 6.07) is 3.06. The first kappa shape index (κ1) is 10.4. The number of cyclic esters (lactones) is 1. The molecule has 0 aliphatic carbocycles. The number of carboxylic acid groups (broad SMARTS) is 1. The van der Waals surface area contributed by atoms with E-state index in [0.717, 1.165) is 5.56 Å². The van der Waals surface area contributed by atoms with E-state index in [1.54, 1.807) is 6.07 Å². The lowest BCUT2D eigenvalue weighted by Gasteiger charge is -2.11. The molecule has 0 unspecified atom stereocenters. The summed E-state index contributed by atoms with van der Waals surface area (Å²) in [6.07, 6.45) is 1.11. The van der Waals surface area contributed by atoms with E-state index in [0.29, 0.717) is 19.7 Å². The van der Waals surface area contributed by atoms with Gasteiger partial charge >= 0.3 is 12.1 Å². The van der Waals surface area contributed by atoms with Crippen molar-refractivity contribution in [2.24, 2.45) is 0 Å². The Morgan fingerprint density at radius 3 is 2.88 bits per heavy atom. The third-order valence-corrected chi connectivity index (χ3v) is 2.26. The Hall–Kier alpha value is -2.11. The number of carboxylic acids is 1. The molecule has 6 nitrogen and oxygen atoms in total. The number of hydrogen-bond acceptors (Lipinski definition) is 4. The van der Waals surface area contributed by atoms with E-state index < -0.39 is 5.97 Å². The van der Waals surface area contributed by atoms with Gasteiger partial charge in [0, 0.05) is 6.20 Å². The van der Waals surface area contributed by atoms with Gasteiger partial charge in [0.1, 0.15) is 12.3 Å². The molecule has 1 N–H and O–H groups in total.